The molecule has 0 bridgehead atoms. The van der Waals surface area contributed by atoms with Crippen LogP contribution in [0.25, 0.3) is 0 Å². The summed E-state index contributed by atoms with van der Waals surface area (Å²) in [7, 11) is 0. The molecule has 0 aromatic carbocycles. The van der Waals surface area contributed by atoms with Crippen LogP contribution in [-0.4, -0.2) is 54.5 Å². The largest absolute Gasteiger partial charge is 0.341 e. The van der Waals surface area contributed by atoms with Gasteiger partial charge in [-0.15, -0.1) is 0 Å². The maximum atomic E-state index is 12.0. The van der Waals surface area contributed by atoms with E-state index in [1.165, 1.54) is 0 Å². The van der Waals surface area contributed by atoms with Crippen molar-refractivity contribution in [2.75, 3.05) is 32.7 Å². The summed E-state index contributed by atoms with van der Waals surface area (Å²) in [6, 6.07) is -0.0182. The van der Waals surface area contributed by atoms with Crippen LogP contribution in [0.1, 0.15) is 34.1 Å². The van der Waals surface area contributed by atoms with Gasteiger partial charge < -0.3 is 15.1 Å². The fraction of sp³-hybridized carbons (Fsp3) is 0.846. The Labute approximate surface area is 110 Å². The fourth-order valence-corrected chi connectivity index (χ4v) is 1.89. The zero-order chi connectivity index (χ0) is 13.8. The van der Waals surface area contributed by atoms with Gasteiger partial charge in [0.1, 0.15) is 0 Å². The molecule has 3 amide bonds. The van der Waals surface area contributed by atoms with Gasteiger partial charge in [-0.2, -0.15) is 0 Å². The van der Waals surface area contributed by atoms with Crippen molar-refractivity contribution in [3.05, 3.63) is 0 Å². The lowest BCUT2D eigenvalue weighted by atomic mass is 9.97. The van der Waals surface area contributed by atoms with Crippen molar-refractivity contribution in [2.45, 2.75) is 34.1 Å². The maximum Gasteiger partial charge on any atom is 0.317 e. The van der Waals surface area contributed by atoms with Crippen LogP contribution in [0.4, 0.5) is 4.79 Å². The molecule has 1 fully saturated rings. The quantitative estimate of drug-likeness (QED) is 0.768. The molecule has 0 aromatic heterocycles. The fourth-order valence-electron chi connectivity index (χ4n) is 1.89. The monoisotopic (exact) mass is 255 g/mol. The summed E-state index contributed by atoms with van der Waals surface area (Å²) in [5.41, 5.74) is 0.0902. The zero-order valence-electron chi connectivity index (χ0n) is 12.0. The lowest BCUT2D eigenvalue weighted by Gasteiger charge is -2.25. The molecule has 0 aliphatic carbocycles. The van der Waals surface area contributed by atoms with Gasteiger partial charge in [0.15, 0.2) is 0 Å². The van der Waals surface area contributed by atoms with E-state index in [9.17, 15) is 9.59 Å². The Balaban J connectivity index is 2.43. The van der Waals surface area contributed by atoms with Gasteiger partial charge in [-0.25, -0.2) is 4.79 Å². The van der Waals surface area contributed by atoms with E-state index in [2.05, 4.69) is 26.1 Å². The Kier molecular flexibility index (Phi) is 4.99. The first-order chi connectivity index (χ1) is 8.29. The number of rotatable bonds is 1. The van der Waals surface area contributed by atoms with Crippen molar-refractivity contribution in [1.29, 1.82) is 0 Å². The molecule has 1 heterocycles. The number of carbonyl (C=O) groups excluding carboxylic acids is 2. The zero-order valence-corrected chi connectivity index (χ0v) is 12.0. The van der Waals surface area contributed by atoms with Crippen molar-refractivity contribution in [1.82, 2.24) is 15.1 Å². The number of carbonyl (C=O) groups is 2. The van der Waals surface area contributed by atoms with Gasteiger partial charge >= 0.3 is 6.03 Å². The van der Waals surface area contributed by atoms with Gasteiger partial charge in [-0.05, 0) is 11.8 Å². The third-order valence-corrected chi connectivity index (χ3v) is 3.00. The summed E-state index contributed by atoms with van der Waals surface area (Å²) in [6.45, 7) is 11.2. The first-order valence-corrected chi connectivity index (χ1v) is 6.58. The molecule has 0 radical (unpaired) electrons. The Morgan fingerprint density at radius 2 is 1.61 bits per heavy atom. The minimum absolute atomic E-state index is 0.0182. The van der Waals surface area contributed by atoms with E-state index in [1.807, 2.05) is 0 Å². The van der Waals surface area contributed by atoms with Crippen LogP contribution in [-0.2, 0) is 4.79 Å². The Bertz CT molecular complexity index is 310. The summed E-state index contributed by atoms with van der Waals surface area (Å²) >= 11 is 0. The molecule has 1 N–H and O–H groups in total. The lowest BCUT2D eigenvalue weighted by molar-refractivity contribution is -0.128. The van der Waals surface area contributed by atoms with Crippen molar-refractivity contribution in [3.63, 3.8) is 0 Å². The molecule has 0 unspecified atom stereocenters. The lowest BCUT2D eigenvalue weighted by Crippen LogP contribution is -2.44. The molecule has 1 aliphatic heterocycles. The minimum Gasteiger partial charge on any atom is -0.341 e. The molecular formula is C13H25N3O2. The first kappa shape index (κ1) is 14.8. The average Bonchev–Trinajstić information content (AvgIpc) is 2.50. The van der Waals surface area contributed by atoms with E-state index in [-0.39, 0.29) is 17.4 Å². The Hall–Kier alpha value is -1.26. The highest BCUT2D eigenvalue weighted by Crippen LogP contribution is 2.11. The van der Waals surface area contributed by atoms with Crippen LogP contribution in [0.2, 0.25) is 0 Å². The van der Waals surface area contributed by atoms with Gasteiger partial charge in [0.2, 0.25) is 5.91 Å². The second kappa shape index (κ2) is 6.07. The van der Waals surface area contributed by atoms with Gasteiger partial charge in [0.05, 0.1) is 0 Å². The third kappa shape index (κ3) is 4.94. The molecule has 5 heteroatoms. The van der Waals surface area contributed by atoms with Crippen molar-refractivity contribution < 1.29 is 9.59 Å². The van der Waals surface area contributed by atoms with Gasteiger partial charge in [0.25, 0.3) is 0 Å². The second-order valence-corrected chi connectivity index (χ2v) is 6.07. The predicted octanol–water partition coefficient (Wildman–Crippen LogP) is 1.30. The third-order valence-electron chi connectivity index (χ3n) is 3.00. The molecule has 0 spiro atoms. The predicted molar refractivity (Wildman–Crippen MR) is 71.3 cm³/mol. The van der Waals surface area contributed by atoms with Crippen LogP contribution in [0.15, 0.2) is 0 Å². The van der Waals surface area contributed by atoms with Crippen LogP contribution in [0, 0.1) is 5.41 Å². The minimum atomic E-state index is -0.0182. The molecule has 0 aromatic rings. The summed E-state index contributed by atoms with van der Waals surface area (Å²) < 4.78 is 0. The van der Waals surface area contributed by atoms with E-state index in [0.717, 1.165) is 19.5 Å². The van der Waals surface area contributed by atoms with E-state index < -0.39 is 0 Å². The molecule has 1 aliphatic rings. The normalized spacial score (nSPS) is 17.3. The number of hydrogen-bond acceptors (Lipinski definition) is 2. The Morgan fingerprint density at radius 1 is 1.06 bits per heavy atom. The molecule has 18 heavy (non-hydrogen) atoms. The van der Waals surface area contributed by atoms with E-state index >= 15 is 0 Å². The molecule has 1 saturated heterocycles. The molecule has 1 rings (SSSR count). The summed E-state index contributed by atoms with van der Waals surface area (Å²) in [5.74, 6) is 0.0898. The number of urea groups is 1. The topological polar surface area (TPSA) is 52.7 Å². The van der Waals surface area contributed by atoms with E-state index in [1.54, 1.807) is 16.7 Å². The molecule has 104 valence electrons. The number of hydrogen-bond donors (Lipinski definition) is 1. The summed E-state index contributed by atoms with van der Waals surface area (Å²) in [4.78, 5) is 26.9. The van der Waals surface area contributed by atoms with Gasteiger partial charge in [-0.3, -0.25) is 4.79 Å². The van der Waals surface area contributed by atoms with E-state index in [0.29, 0.717) is 19.6 Å². The smallest absolute Gasteiger partial charge is 0.317 e. The summed E-state index contributed by atoms with van der Waals surface area (Å²) in [5, 5.41) is 2.95. The second-order valence-electron chi connectivity index (χ2n) is 6.07. The van der Waals surface area contributed by atoms with Crippen molar-refractivity contribution in [2.24, 2.45) is 5.41 Å². The van der Waals surface area contributed by atoms with E-state index in [4.69, 9.17) is 0 Å². The molecular weight excluding hydrogens is 230 g/mol. The van der Waals surface area contributed by atoms with Crippen LogP contribution < -0.4 is 5.32 Å². The van der Waals surface area contributed by atoms with Crippen molar-refractivity contribution >= 4 is 11.9 Å². The summed E-state index contributed by atoms with van der Waals surface area (Å²) in [6.07, 6.45) is 0.850. The maximum absolute atomic E-state index is 12.0. The highest BCUT2D eigenvalue weighted by molar-refractivity contribution is 5.75. The standard InChI is InChI=1S/C13H25N3O2/c1-11(17)15-6-5-7-16(9-8-15)12(18)14-10-13(2,3)4/h5-10H2,1-4H3,(H,14,18). The van der Waals surface area contributed by atoms with Gasteiger partial charge in [-0.1, -0.05) is 20.8 Å². The average molecular weight is 255 g/mol. The molecule has 0 saturated carbocycles. The van der Waals surface area contributed by atoms with Crippen LogP contribution in [0.3, 0.4) is 0 Å². The highest BCUT2D eigenvalue weighted by atomic mass is 16.2. The Morgan fingerprint density at radius 3 is 2.17 bits per heavy atom. The number of amides is 3. The molecule has 5 nitrogen and oxygen atoms in total. The SMILES string of the molecule is CC(=O)N1CCCN(C(=O)NCC(C)(C)C)CC1. The van der Waals surface area contributed by atoms with Crippen molar-refractivity contribution in [3.8, 4) is 0 Å². The number of nitrogens with zero attached hydrogens (tertiary/aromatic N) is 2. The van der Waals surface area contributed by atoms with Gasteiger partial charge in [0, 0.05) is 39.6 Å². The number of nitrogens with one attached hydrogen (secondary N) is 1. The highest BCUT2D eigenvalue weighted by Gasteiger charge is 2.21. The first-order valence-electron chi connectivity index (χ1n) is 6.58. The molecule has 0 atom stereocenters. The van der Waals surface area contributed by atoms with Crippen LogP contribution in [0.5, 0.6) is 0 Å². The van der Waals surface area contributed by atoms with Crippen LogP contribution >= 0.6 is 0 Å².